The molecule has 2 nitrogen and oxygen atoms in total. The summed E-state index contributed by atoms with van der Waals surface area (Å²) in [6.07, 6.45) is 14.3. The van der Waals surface area contributed by atoms with Crippen molar-refractivity contribution >= 4 is 0 Å². The molecule has 2 heteroatoms. The van der Waals surface area contributed by atoms with Crippen molar-refractivity contribution in [3.05, 3.63) is 0 Å². The SMILES string of the molecule is OC(C1CCOC2(CCCCC2)C1)C1C2CCCCC21. The molecule has 0 aromatic heterocycles. The lowest BCUT2D eigenvalue weighted by atomic mass is 9.74. The maximum Gasteiger partial charge on any atom is 0.0686 e. The van der Waals surface area contributed by atoms with Crippen LogP contribution in [-0.2, 0) is 4.74 Å². The Kier molecular flexibility index (Phi) is 3.58. The molecule has 4 rings (SSSR count). The highest BCUT2D eigenvalue weighted by Crippen LogP contribution is 2.59. The molecule has 114 valence electrons. The minimum Gasteiger partial charge on any atom is -0.393 e. The molecule has 0 aromatic rings. The van der Waals surface area contributed by atoms with Crippen molar-refractivity contribution in [2.24, 2.45) is 23.7 Å². The molecule has 4 fully saturated rings. The van der Waals surface area contributed by atoms with Crippen molar-refractivity contribution in [3.8, 4) is 0 Å². The van der Waals surface area contributed by atoms with Crippen molar-refractivity contribution in [2.45, 2.75) is 82.3 Å². The summed E-state index contributed by atoms with van der Waals surface area (Å²) in [4.78, 5) is 0. The molecule has 0 amide bonds. The molecule has 4 unspecified atom stereocenters. The van der Waals surface area contributed by atoms with Gasteiger partial charge in [-0.05, 0) is 62.2 Å². The summed E-state index contributed by atoms with van der Waals surface area (Å²) in [5.41, 5.74) is 0.155. The second-order valence-corrected chi connectivity index (χ2v) is 8.03. The largest absolute Gasteiger partial charge is 0.393 e. The first kappa shape index (κ1) is 13.6. The normalized spacial score (nSPS) is 44.9. The predicted molar refractivity (Wildman–Crippen MR) is 79.4 cm³/mol. The third kappa shape index (κ3) is 2.33. The van der Waals surface area contributed by atoms with E-state index in [4.69, 9.17) is 4.74 Å². The summed E-state index contributed by atoms with van der Waals surface area (Å²) in [6.45, 7) is 0.893. The third-order valence-electron chi connectivity index (χ3n) is 6.90. The maximum absolute atomic E-state index is 10.9. The Balaban J connectivity index is 1.40. The number of rotatable bonds is 2. The lowest BCUT2D eigenvalue weighted by molar-refractivity contribution is -0.136. The van der Waals surface area contributed by atoms with Crippen LogP contribution in [0.1, 0.15) is 70.6 Å². The lowest BCUT2D eigenvalue weighted by Crippen LogP contribution is -2.45. The summed E-state index contributed by atoms with van der Waals surface area (Å²) in [5, 5.41) is 10.9. The third-order valence-corrected chi connectivity index (χ3v) is 6.90. The van der Waals surface area contributed by atoms with Gasteiger partial charge in [-0.15, -0.1) is 0 Å². The van der Waals surface area contributed by atoms with Crippen LogP contribution in [0.25, 0.3) is 0 Å². The molecule has 0 aromatic carbocycles. The molecule has 3 aliphatic carbocycles. The molecule has 1 saturated heterocycles. The summed E-state index contributed by atoms with van der Waals surface area (Å²) >= 11 is 0. The van der Waals surface area contributed by atoms with Gasteiger partial charge in [-0.1, -0.05) is 32.1 Å². The number of aliphatic hydroxyl groups excluding tert-OH is 1. The Labute approximate surface area is 123 Å². The average Bonchev–Trinajstić information content (AvgIpc) is 3.22. The summed E-state index contributed by atoms with van der Waals surface area (Å²) in [6, 6.07) is 0. The number of ether oxygens (including phenoxy) is 1. The highest BCUT2D eigenvalue weighted by atomic mass is 16.5. The number of hydrogen-bond acceptors (Lipinski definition) is 2. The van der Waals surface area contributed by atoms with Crippen LogP contribution in [0.3, 0.4) is 0 Å². The van der Waals surface area contributed by atoms with E-state index in [2.05, 4.69) is 0 Å². The van der Waals surface area contributed by atoms with Gasteiger partial charge < -0.3 is 9.84 Å². The van der Waals surface area contributed by atoms with Gasteiger partial charge in [-0.2, -0.15) is 0 Å². The van der Waals surface area contributed by atoms with Gasteiger partial charge in [0.15, 0.2) is 0 Å². The Morgan fingerprint density at radius 1 is 0.900 bits per heavy atom. The smallest absolute Gasteiger partial charge is 0.0686 e. The maximum atomic E-state index is 10.9. The molecular weight excluding hydrogens is 248 g/mol. The highest BCUT2D eigenvalue weighted by molar-refractivity contribution is 5.05. The fraction of sp³-hybridized carbons (Fsp3) is 1.00. The van der Waals surface area contributed by atoms with Crippen molar-refractivity contribution in [3.63, 3.8) is 0 Å². The number of hydrogen-bond donors (Lipinski definition) is 1. The van der Waals surface area contributed by atoms with Crippen LogP contribution in [0.4, 0.5) is 0 Å². The van der Waals surface area contributed by atoms with E-state index in [1.807, 2.05) is 0 Å². The van der Waals surface area contributed by atoms with Gasteiger partial charge in [0, 0.05) is 6.61 Å². The van der Waals surface area contributed by atoms with Gasteiger partial charge in [0.2, 0.25) is 0 Å². The zero-order chi connectivity index (χ0) is 13.6. The van der Waals surface area contributed by atoms with E-state index in [0.29, 0.717) is 11.8 Å². The van der Waals surface area contributed by atoms with Crippen molar-refractivity contribution < 1.29 is 9.84 Å². The Hall–Kier alpha value is -0.0800. The summed E-state index contributed by atoms with van der Waals surface area (Å²) in [7, 11) is 0. The van der Waals surface area contributed by atoms with Gasteiger partial charge in [0.1, 0.15) is 0 Å². The van der Waals surface area contributed by atoms with E-state index < -0.39 is 0 Å². The van der Waals surface area contributed by atoms with E-state index in [0.717, 1.165) is 31.3 Å². The van der Waals surface area contributed by atoms with Crippen LogP contribution in [0.2, 0.25) is 0 Å². The van der Waals surface area contributed by atoms with Crippen molar-refractivity contribution in [1.82, 2.24) is 0 Å². The molecular formula is C18H30O2. The zero-order valence-corrected chi connectivity index (χ0v) is 12.7. The average molecular weight is 278 g/mol. The zero-order valence-electron chi connectivity index (χ0n) is 12.7. The fourth-order valence-electron chi connectivity index (χ4n) is 5.77. The second kappa shape index (κ2) is 5.28. The Morgan fingerprint density at radius 2 is 1.60 bits per heavy atom. The monoisotopic (exact) mass is 278 g/mol. The van der Waals surface area contributed by atoms with Gasteiger partial charge in [-0.3, -0.25) is 0 Å². The van der Waals surface area contributed by atoms with E-state index in [-0.39, 0.29) is 11.7 Å². The molecule has 4 aliphatic rings. The quantitative estimate of drug-likeness (QED) is 0.829. The first-order chi connectivity index (χ1) is 9.79. The fourth-order valence-corrected chi connectivity index (χ4v) is 5.77. The summed E-state index contributed by atoms with van der Waals surface area (Å²) in [5.74, 6) is 2.94. The standard InChI is InChI=1S/C18H30O2/c19-17(16-14-6-2-3-7-15(14)16)13-8-11-20-18(12-13)9-4-1-5-10-18/h13-17,19H,1-12H2. The Bertz CT molecular complexity index is 330. The van der Waals surface area contributed by atoms with Gasteiger partial charge in [0.05, 0.1) is 11.7 Å². The number of aliphatic hydroxyl groups is 1. The molecule has 0 bridgehead atoms. The van der Waals surface area contributed by atoms with Crippen LogP contribution in [0.5, 0.6) is 0 Å². The topological polar surface area (TPSA) is 29.5 Å². The highest BCUT2D eigenvalue weighted by Gasteiger charge is 2.56. The van der Waals surface area contributed by atoms with Crippen molar-refractivity contribution in [2.75, 3.05) is 6.61 Å². The second-order valence-electron chi connectivity index (χ2n) is 8.03. The van der Waals surface area contributed by atoms with Crippen LogP contribution >= 0.6 is 0 Å². The van der Waals surface area contributed by atoms with E-state index in [1.54, 1.807) is 0 Å². The predicted octanol–water partition coefficient (Wildman–Crippen LogP) is 3.91. The molecule has 0 radical (unpaired) electrons. The van der Waals surface area contributed by atoms with Crippen LogP contribution in [0, 0.1) is 23.7 Å². The molecule has 1 spiro atoms. The molecule has 3 saturated carbocycles. The van der Waals surface area contributed by atoms with Crippen LogP contribution in [0.15, 0.2) is 0 Å². The summed E-state index contributed by atoms with van der Waals surface area (Å²) < 4.78 is 6.19. The van der Waals surface area contributed by atoms with Crippen LogP contribution < -0.4 is 0 Å². The Morgan fingerprint density at radius 3 is 2.30 bits per heavy atom. The van der Waals surface area contributed by atoms with Crippen LogP contribution in [-0.4, -0.2) is 23.4 Å². The molecule has 20 heavy (non-hydrogen) atoms. The van der Waals surface area contributed by atoms with Gasteiger partial charge >= 0.3 is 0 Å². The number of fused-ring (bicyclic) bond motifs is 1. The first-order valence-corrected chi connectivity index (χ1v) is 9.11. The molecule has 1 N–H and O–H groups in total. The molecule has 1 aliphatic heterocycles. The van der Waals surface area contributed by atoms with E-state index in [1.165, 1.54) is 57.8 Å². The van der Waals surface area contributed by atoms with E-state index in [9.17, 15) is 5.11 Å². The van der Waals surface area contributed by atoms with Gasteiger partial charge in [0.25, 0.3) is 0 Å². The van der Waals surface area contributed by atoms with Gasteiger partial charge in [-0.25, -0.2) is 0 Å². The van der Waals surface area contributed by atoms with Crippen molar-refractivity contribution in [1.29, 1.82) is 0 Å². The molecule has 4 atom stereocenters. The minimum atomic E-state index is -0.0224. The molecule has 1 heterocycles. The van der Waals surface area contributed by atoms with E-state index >= 15 is 0 Å². The first-order valence-electron chi connectivity index (χ1n) is 9.11. The lowest BCUT2D eigenvalue weighted by Gasteiger charge is -2.45. The minimum absolute atomic E-state index is 0.0224.